The Labute approximate surface area is 130 Å². The third kappa shape index (κ3) is 3.21. The molecule has 6 nitrogen and oxygen atoms in total. The van der Waals surface area contributed by atoms with Gasteiger partial charge >= 0.3 is 0 Å². The molecule has 0 radical (unpaired) electrons. The second kappa shape index (κ2) is 6.34. The van der Waals surface area contributed by atoms with E-state index in [1.165, 1.54) is 0 Å². The topological polar surface area (TPSA) is 66.8 Å². The van der Waals surface area contributed by atoms with E-state index in [-0.39, 0.29) is 5.91 Å². The van der Waals surface area contributed by atoms with Gasteiger partial charge < -0.3 is 9.88 Å². The lowest BCUT2D eigenvalue weighted by atomic mass is 9.97. The number of nitrogens with one attached hydrogen (secondary N) is 1. The predicted molar refractivity (Wildman–Crippen MR) is 83.4 cm³/mol. The monoisotopic (exact) mass is 301 g/mol. The first-order chi connectivity index (χ1) is 10.6. The Hall–Kier alpha value is -2.11. The molecular formula is C16H23N5O. The number of hydrogen-bond acceptors (Lipinski definition) is 3. The van der Waals surface area contributed by atoms with Crippen LogP contribution in [0.4, 0.5) is 0 Å². The molecule has 1 aliphatic heterocycles. The van der Waals surface area contributed by atoms with Crippen molar-refractivity contribution < 1.29 is 4.79 Å². The Morgan fingerprint density at radius 3 is 3.05 bits per heavy atom. The number of imidazole rings is 1. The van der Waals surface area contributed by atoms with Crippen molar-refractivity contribution in [3.05, 3.63) is 35.7 Å². The molecule has 22 heavy (non-hydrogen) atoms. The summed E-state index contributed by atoms with van der Waals surface area (Å²) in [6.45, 7) is 3.65. The van der Waals surface area contributed by atoms with Crippen LogP contribution in [0.5, 0.6) is 0 Å². The first-order valence-corrected chi connectivity index (χ1v) is 7.89. The summed E-state index contributed by atoms with van der Waals surface area (Å²) in [5.74, 6) is 1.58. The van der Waals surface area contributed by atoms with E-state index < -0.39 is 0 Å². The van der Waals surface area contributed by atoms with Crippen molar-refractivity contribution in [1.29, 1.82) is 0 Å². The Morgan fingerprint density at radius 2 is 2.36 bits per heavy atom. The molecule has 0 aliphatic carbocycles. The smallest absolute Gasteiger partial charge is 0.222 e. The summed E-state index contributed by atoms with van der Waals surface area (Å²) in [7, 11) is 1.91. The Morgan fingerprint density at radius 1 is 1.50 bits per heavy atom. The SMILES string of the molecule is Cc1cnc(C2CCCN(C(=O)CCc3ccnn3C)C2)[nH]1. The van der Waals surface area contributed by atoms with Gasteiger partial charge in [-0.3, -0.25) is 9.48 Å². The van der Waals surface area contributed by atoms with Crippen LogP contribution in [0.15, 0.2) is 18.5 Å². The highest BCUT2D eigenvalue weighted by Gasteiger charge is 2.26. The summed E-state index contributed by atoms with van der Waals surface area (Å²) in [6, 6.07) is 1.97. The fraction of sp³-hybridized carbons (Fsp3) is 0.562. The van der Waals surface area contributed by atoms with E-state index in [4.69, 9.17) is 0 Å². The zero-order valence-electron chi connectivity index (χ0n) is 13.2. The lowest BCUT2D eigenvalue weighted by molar-refractivity contribution is -0.132. The summed E-state index contributed by atoms with van der Waals surface area (Å²) < 4.78 is 1.83. The molecule has 6 heteroatoms. The van der Waals surface area contributed by atoms with Crippen LogP contribution >= 0.6 is 0 Å². The highest BCUT2D eigenvalue weighted by Crippen LogP contribution is 2.25. The Kier molecular flexibility index (Phi) is 4.27. The van der Waals surface area contributed by atoms with Crippen LogP contribution in [0.2, 0.25) is 0 Å². The van der Waals surface area contributed by atoms with E-state index >= 15 is 0 Å². The molecule has 1 unspecified atom stereocenters. The molecule has 1 saturated heterocycles. The van der Waals surface area contributed by atoms with Crippen LogP contribution in [-0.2, 0) is 18.3 Å². The Bertz CT molecular complexity index is 645. The maximum atomic E-state index is 12.5. The maximum Gasteiger partial charge on any atom is 0.222 e. The van der Waals surface area contributed by atoms with Gasteiger partial charge in [0.15, 0.2) is 0 Å². The van der Waals surface area contributed by atoms with Crippen molar-refractivity contribution in [2.24, 2.45) is 7.05 Å². The molecule has 0 bridgehead atoms. The first-order valence-electron chi connectivity index (χ1n) is 7.89. The number of likely N-dealkylation sites (tertiary alicyclic amines) is 1. The molecule has 3 heterocycles. The average molecular weight is 301 g/mol. The quantitative estimate of drug-likeness (QED) is 0.936. The molecule has 3 rings (SSSR count). The Balaban J connectivity index is 1.57. The number of aromatic nitrogens is 4. The maximum absolute atomic E-state index is 12.5. The second-order valence-corrected chi connectivity index (χ2v) is 6.08. The molecule has 0 aromatic carbocycles. The fourth-order valence-corrected chi connectivity index (χ4v) is 3.11. The van der Waals surface area contributed by atoms with Gasteiger partial charge in [-0.2, -0.15) is 5.10 Å². The molecule has 118 valence electrons. The number of rotatable bonds is 4. The van der Waals surface area contributed by atoms with Gasteiger partial charge in [0.25, 0.3) is 0 Å². The van der Waals surface area contributed by atoms with Crippen molar-refractivity contribution in [2.75, 3.05) is 13.1 Å². The summed E-state index contributed by atoms with van der Waals surface area (Å²) in [5, 5.41) is 4.14. The number of aromatic amines is 1. The average Bonchev–Trinajstić information content (AvgIpc) is 3.13. The normalized spacial score (nSPS) is 18.6. The van der Waals surface area contributed by atoms with Gasteiger partial charge in [0.2, 0.25) is 5.91 Å². The molecule has 1 fully saturated rings. The number of nitrogens with zero attached hydrogens (tertiary/aromatic N) is 4. The molecule has 2 aromatic heterocycles. The van der Waals surface area contributed by atoms with Gasteiger partial charge in [0.05, 0.1) is 0 Å². The van der Waals surface area contributed by atoms with Gasteiger partial charge in [-0.25, -0.2) is 4.98 Å². The molecule has 1 amide bonds. The van der Waals surface area contributed by atoms with Crippen LogP contribution in [-0.4, -0.2) is 43.6 Å². The summed E-state index contributed by atoms with van der Waals surface area (Å²) >= 11 is 0. The van der Waals surface area contributed by atoms with Gasteiger partial charge in [-0.1, -0.05) is 0 Å². The van der Waals surface area contributed by atoms with E-state index in [2.05, 4.69) is 15.1 Å². The standard InChI is InChI=1S/C16H23N5O/c1-12-10-17-16(19-12)13-4-3-9-21(11-13)15(22)6-5-14-7-8-18-20(14)2/h7-8,10,13H,3-6,9,11H2,1-2H3,(H,17,19). The van der Waals surface area contributed by atoms with E-state index in [1.54, 1.807) is 6.20 Å². The van der Waals surface area contributed by atoms with E-state index in [1.807, 2.05) is 35.8 Å². The van der Waals surface area contributed by atoms with Gasteiger partial charge in [0, 0.05) is 56.3 Å². The number of amides is 1. The van der Waals surface area contributed by atoms with Crippen molar-refractivity contribution in [2.45, 2.75) is 38.5 Å². The lowest BCUT2D eigenvalue weighted by Crippen LogP contribution is -2.39. The molecule has 1 N–H and O–H groups in total. The number of piperidine rings is 1. The molecular weight excluding hydrogens is 278 g/mol. The van der Waals surface area contributed by atoms with Gasteiger partial charge in [-0.15, -0.1) is 0 Å². The number of carbonyl (C=O) groups excluding carboxylic acids is 1. The summed E-state index contributed by atoms with van der Waals surface area (Å²) in [4.78, 5) is 22.2. The van der Waals surface area contributed by atoms with Crippen molar-refractivity contribution >= 4 is 5.91 Å². The number of H-pyrrole nitrogens is 1. The zero-order chi connectivity index (χ0) is 15.5. The molecule has 1 aliphatic rings. The minimum absolute atomic E-state index is 0.231. The molecule has 2 aromatic rings. The minimum atomic E-state index is 0.231. The minimum Gasteiger partial charge on any atom is -0.346 e. The zero-order valence-corrected chi connectivity index (χ0v) is 13.2. The van der Waals surface area contributed by atoms with Crippen molar-refractivity contribution in [3.63, 3.8) is 0 Å². The fourth-order valence-electron chi connectivity index (χ4n) is 3.11. The van der Waals surface area contributed by atoms with Crippen LogP contribution in [0.25, 0.3) is 0 Å². The highest BCUT2D eigenvalue weighted by atomic mass is 16.2. The van der Waals surface area contributed by atoms with E-state index in [9.17, 15) is 4.79 Å². The molecule has 0 spiro atoms. The summed E-state index contributed by atoms with van der Waals surface area (Å²) in [6.07, 6.45) is 7.06. The van der Waals surface area contributed by atoms with Crippen LogP contribution in [0, 0.1) is 6.92 Å². The van der Waals surface area contributed by atoms with E-state index in [0.29, 0.717) is 12.3 Å². The van der Waals surface area contributed by atoms with E-state index in [0.717, 1.165) is 49.6 Å². The van der Waals surface area contributed by atoms with Gasteiger partial charge in [0.1, 0.15) is 5.82 Å². The highest BCUT2D eigenvalue weighted by molar-refractivity contribution is 5.76. The molecule has 1 atom stereocenters. The van der Waals surface area contributed by atoms with Crippen molar-refractivity contribution in [1.82, 2.24) is 24.6 Å². The van der Waals surface area contributed by atoms with Crippen LogP contribution in [0.3, 0.4) is 0 Å². The molecule has 0 saturated carbocycles. The van der Waals surface area contributed by atoms with Crippen molar-refractivity contribution in [3.8, 4) is 0 Å². The number of carbonyl (C=O) groups is 1. The third-order valence-corrected chi connectivity index (χ3v) is 4.40. The van der Waals surface area contributed by atoms with Gasteiger partial charge in [-0.05, 0) is 32.3 Å². The third-order valence-electron chi connectivity index (χ3n) is 4.40. The second-order valence-electron chi connectivity index (χ2n) is 6.08. The number of aryl methyl sites for hydroxylation is 3. The largest absolute Gasteiger partial charge is 0.346 e. The lowest BCUT2D eigenvalue weighted by Gasteiger charge is -2.32. The number of hydrogen-bond donors (Lipinski definition) is 1. The van der Waals surface area contributed by atoms with Crippen LogP contribution in [0.1, 0.15) is 42.4 Å². The first kappa shape index (κ1) is 14.8. The predicted octanol–water partition coefficient (Wildman–Crippen LogP) is 1.79. The summed E-state index contributed by atoms with van der Waals surface area (Å²) in [5.41, 5.74) is 2.18. The van der Waals surface area contributed by atoms with Crippen LogP contribution < -0.4 is 0 Å².